The van der Waals surface area contributed by atoms with Crippen LogP contribution in [0.5, 0.6) is 23.0 Å². The van der Waals surface area contributed by atoms with Crippen LogP contribution in [0.15, 0.2) is 24.3 Å². The summed E-state index contributed by atoms with van der Waals surface area (Å²) in [5, 5.41) is 65.1. The molecule has 0 spiro atoms. The highest BCUT2D eigenvalue weighted by Gasteiger charge is 2.43. The van der Waals surface area contributed by atoms with Gasteiger partial charge >= 0.3 is 11.9 Å². The van der Waals surface area contributed by atoms with Gasteiger partial charge in [0, 0.05) is 35.7 Å². The average molecular weight is 563 g/mol. The van der Waals surface area contributed by atoms with Gasteiger partial charge in [-0.2, -0.15) is 0 Å². The van der Waals surface area contributed by atoms with E-state index in [1.54, 1.807) is 0 Å². The van der Waals surface area contributed by atoms with Gasteiger partial charge in [0.2, 0.25) is 5.91 Å². The number of benzene rings is 3. The molecule has 0 saturated heterocycles. The molecule has 41 heavy (non-hydrogen) atoms. The molecule has 13 nitrogen and oxygen atoms in total. The van der Waals surface area contributed by atoms with Crippen molar-refractivity contribution in [1.82, 2.24) is 5.32 Å². The second kappa shape index (κ2) is 10.1. The number of amides is 1. The Hall–Kier alpha value is -5.72. The van der Waals surface area contributed by atoms with Crippen LogP contribution < -0.4 is 5.32 Å². The van der Waals surface area contributed by atoms with E-state index in [-0.39, 0.29) is 24.4 Å². The Morgan fingerprint density at radius 3 is 1.85 bits per heavy atom. The average Bonchev–Trinajstić information content (AvgIpc) is 2.87. The standard InChI is InChI=1S/C28H21NO12/c1-9(30)16-17(12-7-11(3-4-14(12)32)5-6-29-10(2)31)25(36)21-22(24(16)35)26(37)18-13(23(21)34)8-15(33)19(27(38)39)20(18)28(40)41/h3-4,7-8,32-33,35-36H,5-6H2,1-2H3,(H,29,31)(H,38,39)(H,40,41). The molecule has 4 rings (SSSR count). The van der Waals surface area contributed by atoms with E-state index in [1.165, 1.54) is 25.1 Å². The molecule has 0 aliphatic heterocycles. The summed E-state index contributed by atoms with van der Waals surface area (Å²) in [6, 6.07) is 4.60. The smallest absolute Gasteiger partial charge is 0.340 e. The molecule has 3 aromatic rings. The molecular formula is C28H21NO12. The molecule has 0 saturated carbocycles. The third kappa shape index (κ3) is 4.48. The summed E-state index contributed by atoms with van der Waals surface area (Å²) in [6.45, 7) is 2.47. The number of nitrogens with one attached hydrogen (secondary N) is 1. The van der Waals surface area contributed by atoms with Crippen LogP contribution in [-0.4, -0.2) is 72.4 Å². The van der Waals surface area contributed by atoms with Crippen molar-refractivity contribution in [2.75, 3.05) is 6.54 Å². The maximum Gasteiger partial charge on any atom is 0.340 e. The van der Waals surface area contributed by atoms with Crippen LogP contribution in [0, 0.1) is 0 Å². The topological polar surface area (TPSA) is 236 Å². The normalized spacial score (nSPS) is 12.0. The number of carboxylic acids is 2. The van der Waals surface area contributed by atoms with Crippen molar-refractivity contribution in [3.05, 3.63) is 68.8 Å². The zero-order valence-corrected chi connectivity index (χ0v) is 21.4. The first-order chi connectivity index (χ1) is 19.2. The third-order valence-corrected chi connectivity index (χ3v) is 6.58. The number of aromatic hydroxyl groups is 4. The summed E-state index contributed by atoms with van der Waals surface area (Å²) < 4.78 is 0. The summed E-state index contributed by atoms with van der Waals surface area (Å²) in [5.41, 5.74) is -6.88. The lowest BCUT2D eigenvalue weighted by Crippen LogP contribution is -2.27. The number of ketones is 3. The van der Waals surface area contributed by atoms with Gasteiger partial charge in [0.1, 0.15) is 28.6 Å². The van der Waals surface area contributed by atoms with E-state index in [0.717, 1.165) is 6.92 Å². The fourth-order valence-corrected chi connectivity index (χ4v) is 4.87. The van der Waals surface area contributed by atoms with E-state index < -0.39 is 96.8 Å². The van der Waals surface area contributed by atoms with Crippen molar-refractivity contribution in [3.63, 3.8) is 0 Å². The lowest BCUT2D eigenvalue weighted by atomic mass is 9.76. The fraction of sp³-hybridized carbons (Fsp3) is 0.143. The van der Waals surface area contributed by atoms with Gasteiger partial charge < -0.3 is 36.0 Å². The zero-order valence-electron chi connectivity index (χ0n) is 21.4. The van der Waals surface area contributed by atoms with E-state index in [0.29, 0.717) is 11.6 Å². The Morgan fingerprint density at radius 1 is 0.683 bits per heavy atom. The lowest BCUT2D eigenvalue weighted by Gasteiger charge is -2.25. The van der Waals surface area contributed by atoms with Gasteiger partial charge in [0.25, 0.3) is 0 Å². The molecule has 0 heterocycles. The van der Waals surface area contributed by atoms with Gasteiger partial charge in [0.05, 0.1) is 22.3 Å². The minimum Gasteiger partial charge on any atom is -0.507 e. The molecule has 0 fully saturated rings. The second-order valence-electron chi connectivity index (χ2n) is 9.17. The molecule has 0 radical (unpaired) electrons. The largest absolute Gasteiger partial charge is 0.507 e. The number of carbonyl (C=O) groups is 6. The number of phenolic OH excluding ortho intramolecular Hbond substituents is 3. The first kappa shape index (κ1) is 28.3. The van der Waals surface area contributed by atoms with Gasteiger partial charge in [-0.3, -0.25) is 19.2 Å². The van der Waals surface area contributed by atoms with Crippen LogP contribution in [-0.2, 0) is 11.2 Å². The Balaban J connectivity index is 2.06. The van der Waals surface area contributed by atoms with Crippen LogP contribution in [0.4, 0.5) is 0 Å². The van der Waals surface area contributed by atoms with E-state index in [9.17, 15) is 59.4 Å². The van der Waals surface area contributed by atoms with Gasteiger partial charge in [-0.1, -0.05) is 6.07 Å². The van der Waals surface area contributed by atoms with Gasteiger partial charge in [0.15, 0.2) is 17.3 Å². The Morgan fingerprint density at radius 2 is 1.29 bits per heavy atom. The molecule has 0 aromatic heterocycles. The monoisotopic (exact) mass is 563 g/mol. The van der Waals surface area contributed by atoms with Gasteiger partial charge in [-0.25, -0.2) is 9.59 Å². The summed E-state index contributed by atoms with van der Waals surface area (Å²) >= 11 is 0. The number of phenols is 4. The number of carboxylic acid groups (broad SMARTS) is 2. The van der Waals surface area contributed by atoms with E-state index in [2.05, 4.69) is 5.32 Å². The molecule has 210 valence electrons. The Kier molecular flexibility index (Phi) is 6.98. The van der Waals surface area contributed by atoms with Crippen molar-refractivity contribution in [2.45, 2.75) is 20.3 Å². The summed E-state index contributed by atoms with van der Waals surface area (Å²) in [5.74, 6) is -11.5. The maximum absolute atomic E-state index is 13.6. The van der Waals surface area contributed by atoms with Crippen LogP contribution >= 0.6 is 0 Å². The zero-order chi connectivity index (χ0) is 30.5. The fourth-order valence-electron chi connectivity index (χ4n) is 4.87. The molecule has 3 aromatic carbocycles. The first-order valence-corrected chi connectivity index (χ1v) is 11.8. The molecular weight excluding hydrogens is 542 g/mol. The maximum atomic E-state index is 13.6. The highest BCUT2D eigenvalue weighted by molar-refractivity contribution is 6.34. The lowest BCUT2D eigenvalue weighted by molar-refractivity contribution is -0.118. The molecule has 7 N–H and O–H groups in total. The highest BCUT2D eigenvalue weighted by Crippen LogP contribution is 2.50. The van der Waals surface area contributed by atoms with E-state index in [4.69, 9.17) is 0 Å². The van der Waals surface area contributed by atoms with Crippen molar-refractivity contribution in [1.29, 1.82) is 0 Å². The third-order valence-electron chi connectivity index (χ3n) is 6.58. The number of hydrogen-bond donors (Lipinski definition) is 7. The number of rotatable bonds is 7. The number of fused-ring (bicyclic) bond motifs is 2. The molecule has 1 aliphatic carbocycles. The Bertz CT molecular complexity index is 1750. The molecule has 0 atom stereocenters. The number of Topliss-reactive ketones (excluding diaryl/α,β-unsaturated/α-hetero) is 1. The second-order valence-corrected chi connectivity index (χ2v) is 9.17. The number of hydrogen-bond acceptors (Lipinski definition) is 10. The van der Waals surface area contributed by atoms with Crippen LogP contribution in [0.1, 0.15) is 82.3 Å². The molecule has 0 bridgehead atoms. The van der Waals surface area contributed by atoms with Gasteiger partial charge in [-0.15, -0.1) is 0 Å². The van der Waals surface area contributed by atoms with Crippen LogP contribution in [0.3, 0.4) is 0 Å². The predicted molar refractivity (Wildman–Crippen MR) is 138 cm³/mol. The van der Waals surface area contributed by atoms with Gasteiger partial charge in [-0.05, 0) is 37.1 Å². The summed E-state index contributed by atoms with van der Waals surface area (Å²) in [6.07, 6.45) is 0.244. The number of carbonyl (C=O) groups excluding carboxylic acids is 4. The van der Waals surface area contributed by atoms with Crippen LogP contribution in [0.25, 0.3) is 11.1 Å². The summed E-state index contributed by atoms with van der Waals surface area (Å²) in [7, 11) is 0. The first-order valence-electron chi connectivity index (χ1n) is 11.8. The minimum atomic E-state index is -1.98. The van der Waals surface area contributed by atoms with Crippen molar-refractivity contribution < 1.29 is 59.4 Å². The molecule has 1 amide bonds. The number of aromatic carboxylic acids is 2. The van der Waals surface area contributed by atoms with Crippen molar-refractivity contribution in [2.24, 2.45) is 0 Å². The minimum absolute atomic E-state index is 0.193. The van der Waals surface area contributed by atoms with E-state index >= 15 is 0 Å². The molecule has 0 unspecified atom stereocenters. The summed E-state index contributed by atoms with van der Waals surface area (Å²) in [4.78, 5) is 74.8. The molecule has 13 heteroatoms. The van der Waals surface area contributed by atoms with Crippen molar-refractivity contribution in [3.8, 4) is 34.1 Å². The predicted octanol–water partition coefficient (Wildman–Crippen LogP) is 2.23. The van der Waals surface area contributed by atoms with E-state index in [1.807, 2.05) is 0 Å². The van der Waals surface area contributed by atoms with Crippen molar-refractivity contribution >= 4 is 35.2 Å². The highest BCUT2D eigenvalue weighted by atomic mass is 16.4. The molecule has 1 aliphatic rings. The quantitative estimate of drug-likeness (QED) is 0.127. The van der Waals surface area contributed by atoms with Crippen LogP contribution in [0.2, 0.25) is 0 Å². The SMILES string of the molecule is CC(=O)NCCc1ccc(O)c(-c2c(O)c3c(c(O)c2C(C)=O)C(=O)c2c(cc(O)c(C(=O)O)c2C(=O)O)C3=O)c1. The Labute approximate surface area is 229 Å².